The summed E-state index contributed by atoms with van der Waals surface area (Å²) in [5.41, 5.74) is 3.44. The minimum absolute atomic E-state index is 0.233. The maximum absolute atomic E-state index is 10.9. The minimum atomic E-state index is 0.233. The minimum Gasteiger partial charge on any atom is -0.507 e. The molecule has 0 bridgehead atoms. The van der Waals surface area contributed by atoms with Gasteiger partial charge >= 0.3 is 0 Å². The number of phenolic OH excluding ortho intramolecular Hbond substituents is 1. The van der Waals surface area contributed by atoms with Gasteiger partial charge in [-0.15, -0.1) is 0 Å². The van der Waals surface area contributed by atoms with E-state index in [0.29, 0.717) is 5.69 Å². The quantitative estimate of drug-likeness (QED) is 0.723. The van der Waals surface area contributed by atoms with E-state index in [1.807, 2.05) is 31.5 Å². The Kier molecular flexibility index (Phi) is 2.03. The number of nitrogens with zero attached hydrogens (tertiary/aromatic N) is 1. The molecule has 3 nitrogen and oxygen atoms in total. The second-order valence-corrected chi connectivity index (χ2v) is 3.81. The molecular weight excluding hydrogens is 190 g/mol. The fourth-order valence-corrected chi connectivity index (χ4v) is 2.15. The maximum Gasteiger partial charge on any atom is 0.166 e. The highest BCUT2D eigenvalue weighted by molar-refractivity contribution is 5.98. The fraction of sp³-hybridized carbons (Fsp3) is 0.250. The van der Waals surface area contributed by atoms with Crippen molar-refractivity contribution in [3.8, 4) is 5.75 Å². The van der Waals surface area contributed by atoms with Gasteiger partial charge in [-0.25, -0.2) is 0 Å². The molecule has 0 aliphatic heterocycles. The van der Waals surface area contributed by atoms with E-state index in [-0.39, 0.29) is 5.75 Å². The second kappa shape index (κ2) is 3.12. The van der Waals surface area contributed by atoms with Crippen molar-refractivity contribution in [2.45, 2.75) is 13.8 Å². The van der Waals surface area contributed by atoms with Gasteiger partial charge in [0.2, 0.25) is 0 Å². The van der Waals surface area contributed by atoms with Crippen LogP contribution in [0.4, 0.5) is 0 Å². The predicted molar refractivity (Wildman–Crippen MR) is 59.4 cm³/mol. The highest BCUT2D eigenvalue weighted by atomic mass is 16.3. The Morgan fingerprint density at radius 3 is 2.53 bits per heavy atom. The lowest BCUT2D eigenvalue weighted by Crippen LogP contribution is -1.95. The summed E-state index contributed by atoms with van der Waals surface area (Å²) in [5, 5.41) is 10.6. The molecule has 0 atom stereocenters. The third-order valence-corrected chi connectivity index (χ3v) is 2.93. The van der Waals surface area contributed by atoms with Gasteiger partial charge in [-0.1, -0.05) is 6.07 Å². The third kappa shape index (κ3) is 1.16. The monoisotopic (exact) mass is 203 g/mol. The van der Waals surface area contributed by atoms with Gasteiger partial charge in [0.05, 0.1) is 11.2 Å². The summed E-state index contributed by atoms with van der Waals surface area (Å²) < 4.78 is 1.83. The van der Waals surface area contributed by atoms with E-state index in [9.17, 15) is 9.90 Å². The van der Waals surface area contributed by atoms with Crippen LogP contribution in [0.3, 0.4) is 0 Å². The van der Waals surface area contributed by atoms with Gasteiger partial charge in [0.1, 0.15) is 5.75 Å². The predicted octanol–water partition coefficient (Wildman–Crippen LogP) is 2.31. The van der Waals surface area contributed by atoms with Crippen molar-refractivity contribution in [3.05, 3.63) is 29.0 Å². The van der Waals surface area contributed by atoms with Crippen LogP contribution < -0.4 is 0 Å². The van der Waals surface area contributed by atoms with Gasteiger partial charge in [-0.2, -0.15) is 0 Å². The number of carbonyl (C=O) groups excluding carboxylic acids is 1. The van der Waals surface area contributed by atoms with Crippen LogP contribution in [0, 0.1) is 13.8 Å². The average Bonchev–Trinajstić information content (AvgIpc) is 2.46. The fourth-order valence-electron chi connectivity index (χ4n) is 2.15. The molecule has 1 aromatic carbocycles. The molecule has 0 unspecified atom stereocenters. The molecule has 0 aliphatic carbocycles. The van der Waals surface area contributed by atoms with E-state index in [2.05, 4.69) is 0 Å². The number of aryl methyl sites for hydroxylation is 3. The van der Waals surface area contributed by atoms with Gasteiger partial charge in [0.25, 0.3) is 0 Å². The molecule has 0 saturated carbocycles. The van der Waals surface area contributed by atoms with Gasteiger partial charge < -0.3 is 9.67 Å². The van der Waals surface area contributed by atoms with Crippen LogP contribution in [0.15, 0.2) is 12.1 Å². The average molecular weight is 203 g/mol. The zero-order chi connectivity index (χ0) is 11.2. The highest BCUT2D eigenvalue weighted by Crippen LogP contribution is 2.33. The van der Waals surface area contributed by atoms with E-state index < -0.39 is 0 Å². The number of fused-ring (bicyclic) bond motifs is 1. The molecule has 3 heteroatoms. The van der Waals surface area contributed by atoms with Crippen molar-refractivity contribution >= 4 is 17.2 Å². The summed E-state index contributed by atoms with van der Waals surface area (Å²) in [6.07, 6.45) is 0.828. The van der Waals surface area contributed by atoms with Crippen LogP contribution in [0.25, 0.3) is 10.9 Å². The summed E-state index contributed by atoms with van der Waals surface area (Å²) in [6, 6.07) is 3.52. The molecule has 0 spiro atoms. The second-order valence-electron chi connectivity index (χ2n) is 3.81. The molecule has 78 valence electrons. The Labute approximate surface area is 87.9 Å². The number of hydrogen-bond donors (Lipinski definition) is 1. The normalized spacial score (nSPS) is 10.9. The van der Waals surface area contributed by atoms with Gasteiger partial charge in [0, 0.05) is 12.4 Å². The molecule has 0 aliphatic rings. The van der Waals surface area contributed by atoms with Gasteiger partial charge in [-0.3, -0.25) is 4.79 Å². The van der Waals surface area contributed by atoms with Crippen LogP contribution in [0.1, 0.15) is 21.6 Å². The summed E-state index contributed by atoms with van der Waals surface area (Å²) in [5.74, 6) is 0.233. The Balaban J connectivity index is 3.07. The number of aldehydes is 1. The van der Waals surface area contributed by atoms with Crippen molar-refractivity contribution < 1.29 is 9.90 Å². The zero-order valence-corrected chi connectivity index (χ0v) is 9.03. The molecule has 0 fully saturated rings. The van der Waals surface area contributed by atoms with E-state index in [0.717, 1.165) is 28.3 Å². The standard InChI is InChI=1S/C12H13NO2/c1-7-4-5-10(15)11-8(2)9(6-14)13(3)12(7)11/h4-6,15H,1-3H3. The first-order chi connectivity index (χ1) is 7.07. The Morgan fingerprint density at radius 2 is 2.00 bits per heavy atom. The smallest absolute Gasteiger partial charge is 0.166 e. The van der Waals surface area contributed by atoms with E-state index >= 15 is 0 Å². The van der Waals surface area contributed by atoms with E-state index in [4.69, 9.17) is 0 Å². The van der Waals surface area contributed by atoms with Crippen LogP contribution in [-0.4, -0.2) is 16.0 Å². The number of benzene rings is 1. The first-order valence-electron chi connectivity index (χ1n) is 4.80. The van der Waals surface area contributed by atoms with Crippen molar-refractivity contribution in [1.82, 2.24) is 4.57 Å². The van der Waals surface area contributed by atoms with Crippen LogP contribution in [0.5, 0.6) is 5.75 Å². The molecule has 15 heavy (non-hydrogen) atoms. The lowest BCUT2D eigenvalue weighted by molar-refractivity contribution is 0.111. The largest absolute Gasteiger partial charge is 0.507 e. The van der Waals surface area contributed by atoms with Gasteiger partial charge in [0.15, 0.2) is 6.29 Å². The molecule has 0 radical (unpaired) electrons. The molecule has 1 aromatic heterocycles. The van der Waals surface area contributed by atoms with Crippen molar-refractivity contribution in [1.29, 1.82) is 0 Å². The lowest BCUT2D eigenvalue weighted by atomic mass is 10.1. The van der Waals surface area contributed by atoms with Crippen LogP contribution >= 0.6 is 0 Å². The Bertz CT molecular complexity index is 507. The molecule has 1 N–H and O–H groups in total. The summed E-state index contributed by atoms with van der Waals surface area (Å²) in [7, 11) is 1.84. The highest BCUT2D eigenvalue weighted by Gasteiger charge is 2.15. The van der Waals surface area contributed by atoms with Gasteiger partial charge in [-0.05, 0) is 31.0 Å². The Hall–Kier alpha value is -1.77. The first-order valence-corrected chi connectivity index (χ1v) is 4.80. The molecule has 0 amide bonds. The number of carbonyl (C=O) groups is 1. The number of rotatable bonds is 1. The summed E-state index contributed by atoms with van der Waals surface area (Å²) in [6.45, 7) is 3.82. The SMILES string of the molecule is Cc1c(C=O)n(C)c2c(C)ccc(O)c12. The molecule has 2 aromatic rings. The molecular formula is C12H13NO2. The number of phenols is 1. The van der Waals surface area contributed by atoms with Crippen molar-refractivity contribution in [2.75, 3.05) is 0 Å². The van der Waals surface area contributed by atoms with E-state index in [1.54, 1.807) is 6.07 Å². The first kappa shape index (κ1) is 9.77. The lowest BCUT2D eigenvalue weighted by Gasteiger charge is -2.02. The summed E-state index contributed by atoms with van der Waals surface area (Å²) >= 11 is 0. The number of aromatic hydroxyl groups is 1. The molecule has 0 saturated heterocycles. The number of aromatic nitrogens is 1. The topological polar surface area (TPSA) is 42.2 Å². The molecule has 2 rings (SSSR count). The Morgan fingerprint density at radius 1 is 1.33 bits per heavy atom. The maximum atomic E-state index is 10.9. The van der Waals surface area contributed by atoms with Crippen LogP contribution in [0.2, 0.25) is 0 Å². The zero-order valence-electron chi connectivity index (χ0n) is 9.03. The molecule has 1 heterocycles. The number of hydrogen-bond acceptors (Lipinski definition) is 2. The third-order valence-electron chi connectivity index (χ3n) is 2.93. The summed E-state index contributed by atoms with van der Waals surface area (Å²) in [4.78, 5) is 10.9. The van der Waals surface area contributed by atoms with Crippen LogP contribution in [-0.2, 0) is 7.05 Å². The van der Waals surface area contributed by atoms with Crippen molar-refractivity contribution in [2.24, 2.45) is 7.05 Å². The van der Waals surface area contributed by atoms with Crippen molar-refractivity contribution in [3.63, 3.8) is 0 Å². The van der Waals surface area contributed by atoms with E-state index in [1.165, 1.54) is 0 Å².